The fourth-order valence-electron chi connectivity index (χ4n) is 7.57. The van der Waals surface area contributed by atoms with E-state index >= 15 is 0 Å². The van der Waals surface area contributed by atoms with Gasteiger partial charge < -0.3 is 9.80 Å². The summed E-state index contributed by atoms with van der Waals surface area (Å²) in [5.74, 6) is -0.671. The zero-order valence-electron chi connectivity index (χ0n) is 27.6. The Hall–Kier alpha value is -4.27. The molecule has 0 saturated carbocycles. The van der Waals surface area contributed by atoms with Crippen molar-refractivity contribution < 1.29 is 19.2 Å². The maximum Gasteiger partial charge on any atom is 0.255 e. The number of nitrogens with one attached hydrogen (secondary N) is 1. The standard InChI is InChI=1S/C39H41ClN4O4/c1-39(2)16-15-32(33(22-39)27-7-10-30(40)11-8-27)37(47)43-19-17-42(18-20-43)23-25-3-5-26(6-4-25)28-9-12-31-29(21-28)24-44(38(31)48)34-13-14-35(45)41-36(34)46/h3-12,21,34H,13-20,22-24H2,1-2H3,(H,41,45,46). The molecule has 248 valence electrons. The normalized spacial score (nSPS) is 21.4. The van der Waals surface area contributed by atoms with Gasteiger partial charge in [-0.05, 0) is 88.8 Å². The predicted molar refractivity (Wildman–Crippen MR) is 186 cm³/mol. The molecule has 4 amide bonds. The van der Waals surface area contributed by atoms with Gasteiger partial charge in [-0.2, -0.15) is 0 Å². The molecule has 4 aliphatic rings. The van der Waals surface area contributed by atoms with Crippen molar-refractivity contribution in [3.05, 3.63) is 99.6 Å². The number of fused-ring (bicyclic) bond motifs is 1. The number of hydrogen-bond acceptors (Lipinski definition) is 5. The first kappa shape index (κ1) is 32.3. The van der Waals surface area contributed by atoms with Crippen LogP contribution in [0.4, 0.5) is 0 Å². The number of halogens is 1. The van der Waals surface area contributed by atoms with Gasteiger partial charge in [0, 0.05) is 61.8 Å². The first-order chi connectivity index (χ1) is 23.0. The van der Waals surface area contributed by atoms with E-state index in [9.17, 15) is 19.2 Å². The van der Waals surface area contributed by atoms with Crippen molar-refractivity contribution in [3.8, 4) is 11.1 Å². The number of amides is 4. The maximum atomic E-state index is 13.8. The minimum Gasteiger partial charge on any atom is -0.336 e. The van der Waals surface area contributed by atoms with Crippen molar-refractivity contribution in [2.75, 3.05) is 26.2 Å². The van der Waals surface area contributed by atoms with Gasteiger partial charge in [0.25, 0.3) is 5.91 Å². The summed E-state index contributed by atoms with van der Waals surface area (Å²) in [7, 11) is 0. The van der Waals surface area contributed by atoms with Gasteiger partial charge in [-0.25, -0.2) is 0 Å². The first-order valence-electron chi connectivity index (χ1n) is 16.9. The summed E-state index contributed by atoms with van der Waals surface area (Å²) in [5, 5.41) is 3.06. The van der Waals surface area contributed by atoms with E-state index in [4.69, 9.17) is 11.6 Å². The number of piperidine rings is 1. The van der Waals surface area contributed by atoms with Gasteiger partial charge in [0.05, 0.1) is 0 Å². The van der Waals surface area contributed by atoms with Crippen LogP contribution in [0, 0.1) is 5.41 Å². The second-order valence-electron chi connectivity index (χ2n) is 14.3. The van der Waals surface area contributed by atoms with E-state index < -0.39 is 11.9 Å². The number of rotatable bonds is 6. The molecule has 9 heteroatoms. The lowest BCUT2D eigenvalue weighted by atomic mass is 9.72. The van der Waals surface area contributed by atoms with Gasteiger partial charge in [-0.1, -0.05) is 67.9 Å². The van der Waals surface area contributed by atoms with E-state index in [1.165, 1.54) is 5.56 Å². The summed E-state index contributed by atoms with van der Waals surface area (Å²) in [5.41, 5.74) is 8.17. The third-order valence-corrected chi connectivity index (χ3v) is 10.7. The summed E-state index contributed by atoms with van der Waals surface area (Å²) in [6.07, 6.45) is 3.28. The average molecular weight is 665 g/mol. The van der Waals surface area contributed by atoms with Crippen LogP contribution < -0.4 is 5.32 Å². The van der Waals surface area contributed by atoms with Crippen molar-refractivity contribution in [3.63, 3.8) is 0 Å². The van der Waals surface area contributed by atoms with Crippen molar-refractivity contribution in [2.24, 2.45) is 5.41 Å². The molecular weight excluding hydrogens is 624 g/mol. The summed E-state index contributed by atoms with van der Waals surface area (Å²) >= 11 is 6.17. The molecule has 1 aliphatic carbocycles. The molecule has 3 aromatic carbocycles. The van der Waals surface area contributed by atoms with Crippen molar-refractivity contribution in [1.29, 1.82) is 0 Å². The molecular formula is C39H41ClN4O4. The highest BCUT2D eigenvalue weighted by atomic mass is 35.5. The third kappa shape index (κ3) is 6.56. The molecule has 48 heavy (non-hydrogen) atoms. The van der Waals surface area contributed by atoms with Crippen LogP contribution >= 0.6 is 11.6 Å². The molecule has 2 saturated heterocycles. The summed E-state index contributed by atoms with van der Waals surface area (Å²) in [6.45, 7) is 8.80. The van der Waals surface area contributed by atoms with E-state index in [2.05, 4.69) is 48.3 Å². The maximum absolute atomic E-state index is 13.8. The molecule has 3 aromatic rings. The number of allylic oxidation sites excluding steroid dienone is 1. The van der Waals surface area contributed by atoms with Crippen LogP contribution in [-0.2, 0) is 27.5 Å². The van der Waals surface area contributed by atoms with Crippen LogP contribution in [0.1, 0.15) is 73.0 Å². The number of imide groups is 1. The molecule has 0 aromatic heterocycles. The van der Waals surface area contributed by atoms with Gasteiger partial charge in [-0.15, -0.1) is 0 Å². The number of carbonyl (C=O) groups is 4. The quantitative estimate of drug-likeness (QED) is 0.323. The second kappa shape index (κ2) is 13.0. The zero-order valence-corrected chi connectivity index (χ0v) is 28.3. The average Bonchev–Trinajstić information content (AvgIpc) is 3.40. The van der Waals surface area contributed by atoms with Crippen molar-refractivity contribution in [2.45, 2.75) is 65.1 Å². The van der Waals surface area contributed by atoms with Crippen LogP contribution in [0.3, 0.4) is 0 Å². The van der Waals surface area contributed by atoms with Crippen LogP contribution in [-0.4, -0.2) is 70.5 Å². The van der Waals surface area contributed by atoms with E-state index in [0.29, 0.717) is 36.6 Å². The summed E-state index contributed by atoms with van der Waals surface area (Å²) in [6, 6.07) is 21.6. The Balaban J connectivity index is 0.968. The van der Waals surface area contributed by atoms with Gasteiger partial charge in [0.15, 0.2) is 0 Å². The lowest BCUT2D eigenvalue weighted by Crippen LogP contribution is -2.52. The van der Waals surface area contributed by atoms with Crippen LogP contribution in [0.5, 0.6) is 0 Å². The summed E-state index contributed by atoms with van der Waals surface area (Å²) < 4.78 is 0. The lowest BCUT2D eigenvalue weighted by Gasteiger charge is -2.38. The number of hydrogen-bond donors (Lipinski definition) is 1. The van der Waals surface area contributed by atoms with E-state index in [-0.39, 0.29) is 29.6 Å². The topological polar surface area (TPSA) is 90.0 Å². The molecule has 0 spiro atoms. The Morgan fingerprint density at radius 3 is 2.27 bits per heavy atom. The van der Waals surface area contributed by atoms with Gasteiger partial charge in [0.1, 0.15) is 6.04 Å². The highest BCUT2D eigenvalue weighted by Gasteiger charge is 2.39. The van der Waals surface area contributed by atoms with Gasteiger partial charge in [-0.3, -0.25) is 29.4 Å². The van der Waals surface area contributed by atoms with Crippen molar-refractivity contribution >= 4 is 40.8 Å². The largest absolute Gasteiger partial charge is 0.336 e. The molecule has 7 rings (SSSR count). The Bertz CT molecular complexity index is 1810. The molecule has 1 N–H and O–H groups in total. The Morgan fingerprint density at radius 2 is 1.56 bits per heavy atom. The third-order valence-electron chi connectivity index (χ3n) is 10.4. The highest BCUT2D eigenvalue weighted by Crippen LogP contribution is 2.43. The number of piperazine rings is 1. The minimum absolute atomic E-state index is 0.158. The first-order valence-corrected chi connectivity index (χ1v) is 17.3. The smallest absolute Gasteiger partial charge is 0.255 e. The monoisotopic (exact) mass is 664 g/mol. The Kier molecular flexibility index (Phi) is 8.73. The number of nitrogens with zero attached hydrogens (tertiary/aromatic N) is 3. The van der Waals surface area contributed by atoms with Crippen LogP contribution in [0.2, 0.25) is 5.02 Å². The zero-order chi connectivity index (χ0) is 33.6. The molecule has 0 radical (unpaired) electrons. The van der Waals surface area contributed by atoms with Gasteiger partial charge in [0.2, 0.25) is 17.7 Å². The fraction of sp³-hybridized carbons (Fsp3) is 0.385. The SMILES string of the molecule is CC1(C)CCC(C(=O)N2CCN(Cc3ccc(-c4ccc5c(c4)CN(C4CCC(=O)NC4=O)C5=O)cc3)CC2)=C(c2ccc(Cl)cc2)C1. The van der Waals surface area contributed by atoms with Gasteiger partial charge >= 0.3 is 0 Å². The van der Waals surface area contributed by atoms with Crippen molar-refractivity contribution in [1.82, 2.24) is 20.0 Å². The fourth-order valence-corrected chi connectivity index (χ4v) is 7.69. The van der Waals surface area contributed by atoms with Crippen LogP contribution in [0.15, 0.2) is 72.3 Å². The lowest BCUT2D eigenvalue weighted by molar-refractivity contribution is -0.137. The minimum atomic E-state index is -0.617. The van der Waals surface area contributed by atoms with E-state index in [1.54, 1.807) is 4.90 Å². The number of benzene rings is 3. The molecule has 2 fully saturated rings. The molecule has 3 aliphatic heterocycles. The molecule has 0 bridgehead atoms. The second-order valence-corrected chi connectivity index (χ2v) is 14.8. The number of carbonyl (C=O) groups excluding carboxylic acids is 4. The molecule has 1 unspecified atom stereocenters. The molecule has 1 atom stereocenters. The van der Waals surface area contributed by atoms with Crippen LogP contribution in [0.25, 0.3) is 16.7 Å². The van der Waals surface area contributed by atoms with E-state index in [0.717, 1.165) is 72.3 Å². The highest BCUT2D eigenvalue weighted by molar-refractivity contribution is 6.30. The Morgan fingerprint density at radius 1 is 0.875 bits per heavy atom. The predicted octanol–water partition coefficient (Wildman–Crippen LogP) is 6.08. The molecule has 3 heterocycles. The summed E-state index contributed by atoms with van der Waals surface area (Å²) in [4.78, 5) is 56.9. The molecule has 8 nitrogen and oxygen atoms in total. The van der Waals surface area contributed by atoms with E-state index in [1.807, 2.05) is 47.4 Å². The Labute approximate surface area is 286 Å².